The van der Waals surface area contributed by atoms with E-state index in [-0.39, 0.29) is 12.3 Å². The lowest BCUT2D eigenvalue weighted by Gasteiger charge is -2.33. The summed E-state index contributed by atoms with van der Waals surface area (Å²) in [6.45, 7) is 7.35. The predicted molar refractivity (Wildman–Crippen MR) is 61.1 cm³/mol. The predicted octanol–water partition coefficient (Wildman–Crippen LogP) is -0.921. The van der Waals surface area contributed by atoms with E-state index in [1.54, 1.807) is 0 Å². The molecule has 1 rings (SSSR count). The van der Waals surface area contributed by atoms with Crippen molar-refractivity contribution in [2.75, 3.05) is 45.0 Å². The zero-order valence-electron chi connectivity index (χ0n) is 8.93. The Labute approximate surface area is 91.6 Å². The molecule has 0 atom stereocenters. The molecule has 15 heavy (non-hydrogen) atoms. The normalized spacial score (nSPS) is 20.3. The summed E-state index contributed by atoms with van der Waals surface area (Å²) >= 11 is 0. The van der Waals surface area contributed by atoms with Crippen LogP contribution in [-0.4, -0.2) is 62.6 Å². The van der Waals surface area contributed by atoms with E-state index in [2.05, 4.69) is 11.5 Å². The van der Waals surface area contributed by atoms with E-state index in [0.29, 0.717) is 13.1 Å². The van der Waals surface area contributed by atoms with Crippen LogP contribution in [-0.2, 0) is 10.0 Å². The highest BCUT2D eigenvalue weighted by Crippen LogP contribution is 2.07. The van der Waals surface area contributed by atoms with Crippen LogP contribution in [0.15, 0.2) is 12.7 Å². The number of nitrogens with two attached hydrogens (primary N) is 1. The van der Waals surface area contributed by atoms with Gasteiger partial charge in [0.1, 0.15) is 0 Å². The smallest absolute Gasteiger partial charge is 0.215 e. The second-order valence-electron chi connectivity index (χ2n) is 3.59. The van der Waals surface area contributed by atoms with Crippen LogP contribution in [0.1, 0.15) is 0 Å². The molecule has 0 aromatic heterocycles. The fraction of sp³-hybridized carbons (Fsp3) is 0.778. The molecular weight excluding hydrogens is 214 g/mol. The second-order valence-corrected chi connectivity index (χ2v) is 5.68. The van der Waals surface area contributed by atoms with Crippen LogP contribution in [0.3, 0.4) is 0 Å². The van der Waals surface area contributed by atoms with Gasteiger partial charge in [-0.3, -0.25) is 4.90 Å². The molecule has 1 saturated heterocycles. The summed E-state index contributed by atoms with van der Waals surface area (Å²) in [6.07, 6.45) is 1.84. The summed E-state index contributed by atoms with van der Waals surface area (Å²) in [6, 6.07) is 0. The van der Waals surface area contributed by atoms with E-state index in [0.717, 1.165) is 19.6 Å². The van der Waals surface area contributed by atoms with Gasteiger partial charge in [-0.2, -0.15) is 4.31 Å². The largest absolute Gasteiger partial charge is 0.329 e. The lowest BCUT2D eigenvalue weighted by Crippen LogP contribution is -2.49. The Kier molecular flexibility index (Phi) is 4.72. The van der Waals surface area contributed by atoms with Crippen LogP contribution < -0.4 is 5.73 Å². The van der Waals surface area contributed by atoms with Gasteiger partial charge in [-0.05, 0) is 0 Å². The summed E-state index contributed by atoms with van der Waals surface area (Å²) in [4.78, 5) is 2.18. The Morgan fingerprint density at radius 1 is 1.27 bits per heavy atom. The molecule has 2 N–H and O–H groups in total. The maximum absolute atomic E-state index is 11.7. The minimum absolute atomic E-state index is 0.0501. The Morgan fingerprint density at radius 3 is 2.33 bits per heavy atom. The molecule has 1 fully saturated rings. The third-order valence-electron chi connectivity index (χ3n) is 2.49. The van der Waals surface area contributed by atoms with Crippen LogP contribution in [0.25, 0.3) is 0 Å². The summed E-state index contributed by atoms with van der Waals surface area (Å²) in [5.41, 5.74) is 5.27. The van der Waals surface area contributed by atoms with E-state index in [4.69, 9.17) is 5.73 Å². The van der Waals surface area contributed by atoms with Gasteiger partial charge in [-0.15, -0.1) is 6.58 Å². The van der Waals surface area contributed by atoms with Gasteiger partial charge in [0.05, 0.1) is 5.75 Å². The standard InChI is InChI=1S/C9H19N3O2S/c1-2-4-11-5-7-12(8-6-11)15(13,14)9-3-10/h2H,1,3-10H2. The molecule has 1 aliphatic rings. The fourth-order valence-corrected chi connectivity index (χ4v) is 2.93. The monoisotopic (exact) mass is 233 g/mol. The first-order valence-electron chi connectivity index (χ1n) is 5.11. The molecule has 0 unspecified atom stereocenters. The van der Waals surface area contributed by atoms with Gasteiger partial charge < -0.3 is 5.73 Å². The number of hydrogen-bond acceptors (Lipinski definition) is 4. The van der Waals surface area contributed by atoms with Crippen LogP contribution in [0.4, 0.5) is 0 Å². The average molecular weight is 233 g/mol. The van der Waals surface area contributed by atoms with Gasteiger partial charge in [-0.1, -0.05) is 6.08 Å². The molecule has 5 nitrogen and oxygen atoms in total. The fourth-order valence-electron chi connectivity index (χ4n) is 1.65. The first-order valence-corrected chi connectivity index (χ1v) is 6.72. The third-order valence-corrected chi connectivity index (χ3v) is 4.39. The van der Waals surface area contributed by atoms with Gasteiger partial charge in [0, 0.05) is 39.3 Å². The molecule has 1 heterocycles. The van der Waals surface area contributed by atoms with Gasteiger partial charge in [0.2, 0.25) is 10.0 Å². The topological polar surface area (TPSA) is 66.6 Å². The van der Waals surface area contributed by atoms with E-state index in [9.17, 15) is 8.42 Å². The Balaban J connectivity index is 2.46. The van der Waals surface area contributed by atoms with Gasteiger partial charge >= 0.3 is 0 Å². The molecule has 1 aliphatic heterocycles. The third kappa shape index (κ3) is 3.57. The quantitative estimate of drug-likeness (QED) is 0.624. The Hall–Kier alpha value is -0.430. The lowest BCUT2D eigenvalue weighted by atomic mass is 10.3. The van der Waals surface area contributed by atoms with Crippen molar-refractivity contribution in [2.45, 2.75) is 0 Å². The van der Waals surface area contributed by atoms with Crippen molar-refractivity contribution >= 4 is 10.0 Å². The molecule has 0 aliphatic carbocycles. The number of rotatable bonds is 5. The highest BCUT2D eigenvalue weighted by atomic mass is 32.2. The zero-order valence-corrected chi connectivity index (χ0v) is 9.75. The number of nitrogens with zero attached hydrogens (tertiary/aromatic N) is 2. The van der Waals surface area contributed by atoms with Crippen molar-refractivity contribution in [3.8, 4) is 0 Å². The molecule has 0 amide bonds. The summed E-state index contributed by atoms with van der Waals surface area (Å²) in [5, 5.41) is 0. The van der Waals surface area contributed by atoms with Crippen LogP contribution in [0, 0.1) is 0 Å². The van der Waals surface area contributed by atoms with Gasteiger partial charge in [0.25, 0.3) is 0 Å². The minimum Gasteiger partial charge on any atom is -0.329 e. The molecule has 0 spiro atoms. The maximum Gasteiger partial charge on any atom is 0.215 e. The SMILES string of the molecule is C=CCN1CCN(S(=O)(=O)CCN)CC1. The first-order chi connectivity index (χ1) is 7.10. The summed E-state index contributed by atoms with van der Waals surface area (Å²) in [5.74, 6) is 0.0501. The second kappa shape index (κ2) is 5.60. The molecule has 6 heteroatoms. The van der Waals surface area contributed by atoms with Crippen molar-refractivity contribution < 1.29 is 8.42 Å². The molecule has 0 radical (unpaired) electrons. The molecular formula is C9H19N3O2S. The summed E-state index contributed by atoms with van der Waals surface area (Å²) < 4.78 is 24.8. The van der Waals surface area contributed by atoms with E-state index in [1.807, 2.05) is 6.08 Å². The van der Waals surface area contributed by atoms with Crippen molar-refractivity contribution in [3.63, 3.8) is 0 Å². The maximum atomic E-state index is 11.7. The first kappa shape index (κ1) is 12.6. The number of hydrogen-bond donors (Lipinski definition) is 1. The van der Waals surface area contributed by atoms with Crippen molar-refractivity contribution in [1.29, 1.82) is 0 Å². The van der Waals surface area contributed by atoms with Crippen LogP contribution >= 0.6 is 0 Å². The number of sulfonamides is 1. The molecule has 88 valence electrons. The van der Waals surface area contributed by atoms with Crippen LogP contribution in [0.2, 0.25) is 0 Å². The van der Waals surface area contributed by atoms with Gasteiger partial charge in [0.15, 0.2) is 0 Å². The average Bonchev–Trinajstić information content (AvgIpc) is 2.19. The van der Waals surface area contributed by atoms with E-state index >= 15 is 0 Å². The summed E-state index contributed by atoms with van der Waals surface area (Å²) in [7, 11) is -3.12. The van der Waals surface area contributed by atoms with Gasteiger partial charge in [-0.25, -0.2) is 8.42 Å². The van der Waals surface area contributed by atoms with E-state index in [1.165, 1.54) is 4.31 Å². The molecule has 0 aromatic carbocycles. The highest BCUT2D eigenvalue weighted by molar-refractivity contribution is 7.89. The number of piperazine rings is 1. The molecule has 0 bridgehead atoms. The highest BCUT2D eigenvalue weighted by Gasteiger charge is 2.25. The Morgan fingerprint density at radius 2 is 1.87 bits per heavy atom. The van der Waals surface area contributed by atoms with Crippen LogP contribution in [0.5, 0.6) is 0 Å². The minimum atomic E-state index is -3.12. The van der Waals surface area contributed by atoms with Crippen molar-refractivity contribution in [3.05, 3.63) is 12.7 Å². The zero-order chi connectivity index (χ0) is 11.3. The van der Waals surface area contributed by atoms with E-state index < -0.39 is 10.0 Å². The molecule has 0 aromatic rings. The molecule has 0 saturated carbocycles. The van der Waals surface area contributed by atoms with Crippen molar-refractivity contribution in [1.82, 2.24) is 9.21 Å². The van der Waals surface area contributed by atoms with Crippen molar-refractivity contribution in [2.24, 2.45) is 5.73 Å². The Bertz CT molecular complexity index is 294. The lowest BCUT2D eigenvalue weighted by molar-refractivity contribution is 0.204.